The van der Waals surface area contributed by atoms with Crippen LogP contribution in [0.4, 0.5) is 4.39 Å². The van der Waals surface area contributed by atoms with Gasteiger partial charge in [-0.05, 0) is 42.5 Å². The summed E-state index contributed by atoms with van der Waals surface area (Å²) in [7, 11) is 0. The van der Waals surface area contributed by atoms with Crippen molar-refractivity contribution in [2.45, 2.75) is 53.0 Å². The van der Waals surface area contributed by atoms with Gasteiger partial charge >= 0.3 is 0 Å². The summed E-state index contributed by atoms with van der Waals surface area (Å²) >= 11 is 0. The van der Waals surface area contributed by atoms with Crippen molar-refractivity contribution in [2.75, 3.05) is 6.54 Å². The van der Waals surface area contributed by atoms with Crippen LogP contribution in [0.3, 0.4) is 0 Å². The standard InChI is InChI=1S/C17H28FN/c1-5-7-14(4)16(12-19-13(2)3)10-15-8-6-9-17(18)11-15/h6,8-9,11,13-14,16,19H,5,7,10,12H2,1-4H3. The molecule has 1 nitrogen and oxygen atoms in total. The van der Waals surface area contributed by atoms with Gasteiger partial charge in [0.2, 0.25) is 0 Å². The van der Waals surface area contributed by atoms with E-state index in [-0.39, 0.29) is 5.82 Å². The highest BCUT2D eigenvalue weighted by Gasteiger charge is 2.17. The summed E-state index contributed by atoms with van der Waals surface area (Å²) in [4.78, 5) is 0. The molecule has 1 rings (SSSR count). The Labute approximate surface area is 117 Å². The zero-order valence-electron chi connectivity index (χ0n) is 12.7. The van der Waals surface area contributed by atoms with Crippen molar-refractivity contribution in [3.8, 4) is 0 Å². The first-order valence-electron chi connectivity index (χ1n) is 7.50. The van der Waals surface area contributed by atoms with Gasteiger partial charge in [-0.1, -0.05) is 52.7 Å². The lowest BCUT2D eigenvalue weighted by molar-refractivity contribution is 0.310. The molecule has 19 heavy (non-hydrogen) atoms. The van der Waals surface area contributed by atoms with E-state index in [1.807, 2.05) is 12.1 Å². The molecule has 0 aliphatic rings. The first-order valence-corrected chi connectivity index (χ1v) is 7.50. The number of hydrogen-bond acceptors (Lipinski definition) is 1. The predicted octanol–water partition coefficient (Wildman–Crippen LogP) is 4.42. The molecule has 0 saturated carbocycles. The molecule has 0 fully saturated rings. The van der Waals surface area contributed by atoms with Crippen molar-refractivity contribution >= 4 is 0 Å². The van der Waals surface area contributed by atoms with Crippen molar-refractivity contribution in [1.29, 1.82) is 0 Å². The molecule has 1 N–H and O–H groups in total. The van der Waals surface area contributed by atoms with E-state index in [9.17, 15) is 4.39 Å². The molecule has 0 aliphatic heterocycles. The zero-order valence-corrected chi connectivity index (χ0v) is 12.7. The average Bonchev–Trinajstić information content (AvgIpc) is 2.34. The Morgan fingerprint density at radius 2 is 1.95 bits per heavy atom. The first kappa shape index (κ1) is 16.2. The molecule has 0 bridgehead atoms. The Morgan fingerprint density at radius 1 is 1.21 bits per heavy atom. The summed E-state index contributed by atoms with van der Waals surface area (Å²) in [6, 6.07) is 7.52. The Hall–Kier alpha value is -0.890. The van der Waals surface area contributed by atoms with Crippen LogP contribution in [0.5, 0.6) is 0 Å². The van der Waals surface area contributed by atoms with Crippen molar-refractivity contribution < 1.29 is 4.39 Å². The second-order valence-electron chi connectivity index (χ2n) is 5.92. The van der Waals surface area contributed by atoms with Gasteiger partial charge in [0.25, 0.3) is 0 Å². The lowest BCUT2D eigenvalue weighted by atomic mass is 9.85. The molecule has 0 saturated heterocycles. The van der Waals surface area contributed by atoms with Gasteiger partial charge in [0.15, 0.2) is 0 Å². The number of rotatable bonds is 8. The van der Waals surface area contributed by atoms with Gasteiger partial charge < -0.3 is 5.32 Å². The van der Waals surface area contributed by atoms with Crippen LogP contribution in [0.15, 0.2) is 24.3 Å². The van der Waals surface area contributed by atoms with Crippen LogP contribution in [0.1, 0.15) is 46.1 Å². The normalized spacial score (nSPS) is 14.6. The molecule has 0 heterocycles. The largest absolute Gasteiger partial charge is 0.314 e. The molecule has 2 heteroatoms. The fraction of sp³-hybridized carbons (Fsp3) is 0.647. The van der Waals surface area contributed by atoms with E-state index in [2.05, 4.69) is 33.0 Å². The molecular weight excluding hydrogens is 237 g/mol. The van der Waals surface area contributed by atoms with Gasteiger partial charge in [-0.15, -0.1) is 0 Å². The van der Waals surface area contributed by atoms with Gasteiger partial charge in [-0.25, -0.2) is 4.39 Å². The average molecular weight is 265 g/mol. The summed E-state index contributed by atoms with van der Waals surface area (Å²) in [6.45, 7) is 9.89. The highest BCUT2D eigenvalue weighted by atomic mass is 19.1. The molecule has 1 aromatic rings. The molecule has 2 unspecified atom stereocenters. The van der Waals surface area contributed by atoms with Crippen LogP contribution in [-0.2, 0) is 6.42 Å². The van der Waals surface area contributed by atoms with Crippen molar-refractivity contribution in [2.24, 2.45) is 11.8 Å². The maximum atomic E-state index is 13.3. The highest BCUT2D eigenvalue weighted by Crippen LogP contribution is 2.22. The van der Waals surface area contributed by atoms with Crippen molar-refractivity contribution in [3.63, 3.8) is 0 Å². The topological polar surface area (TPSA) is 12.0 Å². The second kappa shape index (κ2) is 8.31. The van der Waals surface area contributed by atoms with Gasteiger partial charge in [0.05, 0.1) is 0 Å². The Balaban J connectivity index is 2.67. The number of hydrogen-bond donors (Lipinski definition) is 1. The Kier molecular flexibility index (Phi) is 7.07. The highest BCUT2D eigenvalue weighted by molar-refractivity contribution is 5.17. The van der Waals surface area contributed by atoms with Gasteiger partial charge in [-0.3, -0.25) is 0 Å². The third-order valence-electron chi connectivity index (χ3n) is 3.72. The molecule has 2 atom stereocenters. The van der Waals surface area contributed by atoms with Gasteiger partial charge in [0.1, 0.15) is 5.82 Å². The van der Waals surface area contributed by atoms with Gasteiger partial charge in [0, 0.05) is 6.04 Å². The third-order valence-corrected chi connectivity index (χ3v) is 3.72. The van der Waals surface area contributed by atoms with E-state index in [1.165, 1.54) is 18.9 Å². The molecular formula is C17H28FN. The van der Waals surface area contributed by atoms with Crippen LogP contribution in [0, 0.1) is 17.7 Å². The van der Waals surface area contributed by atoms with Crippen molar-refractivity contribution in [3.05, 3.63) is 35.6 Å². The predicted molar refractivity (Wildman–Crippen MR) is 80.8 cm³/mol. The van der Waals surface area contributed by atoms with Crippen LogP contribution >= 0.6 is 0 Å². The fourth-order valence-corrected chi connectivity index (χ4v) is 2.52. The SMILES string of the molecule is CCCC(C)C(CNC(C)C)Cc1cccc(F)c1. The van der Waals surface area contributed by atoms with Crippen LogP contribution in [0.2, 0.25) is 0 Å². The van der Waals surface area contributed by atoms with Crippen molar-refractivity contribution in [1.82, 2.24) is 5.32 Å². The minimum absolute atomic E-state index is 0.129. The van der Waals surface area contributed by atoms with E-state index in [4.69, 9.17) is 0 Å². The van der Waals surface area contributed by atoms with Crippen LogP contribution in [0.25, 0.3) is 0 Å². The molecule has 108 valence electrons. The number of halogens is 1. The summed E-state index contributed by atoms with van der Waals surface area (Å²) in [5, 5.41) is 3.53. The lowest BCUT2D eigenvalue weighted by Crippen LogP contribution is -2.33. The molecule has 0 aliphatic carbocycles. The summed E-state index contributed by atoms with van der Waals surface area (Å²) in [6.07, 6.45) is 3.40. The first-order chi connectivity index (χ1) is 9.02. The lowest BCUT2D eigenvalue weighted by Gasteiger charge is -2.25. The molecule has 1 aromatic carbocycles. The number of nitrogens with one attached hydrogen (secondary N) is 1. The molecule has 0 radical (unpaired) electrons. The Bertz CT molecular complexity index is 362. The zero-order chi connectivity index (χ0) is 14.3. The summed E-state index contributed by atoms with van der Waals surface area (Å²) in [5.41, 5.74) is 1.11. The smallest absolute Gasteiger partial charge is 0.123 e. The fourth-order valence-electron chi connectivity index (χ4n) is 2.52. The van der Waals surface area contributed by atoms with E-state index in [0.29, 0.717) is 17.9 Å². The van der Waals surface area contributed by atoms with Crippen LogP contribution in [-0.4, -0.2) is 12.6 Å². The maximum Gasteiger partial charge on any atom is 0.123 e. The minimum Gasteiger partial charge on any atom is -0.314 e. The molecule has 0 spiro atoms. The van der Waals surface area contributed by atoms with Gasteiger partial charge in [-0.2, -0.15) is 0 Å². The second-order valence-corrected chi connectivity index (χ2v) is 5.92. The molecule has 0 amide bonds. The summed E-state index contributed by atoms with van der Waals surface area (Å²) in [5.74, 6) is 1.11. The minimum atomic E-state index is -0.129. The maximum absolute atomic E-state index is 13.3. The van der Waals surface area contributed by atoms with E-state index < -0.39 is 0 Å². The molecule has 0 aromatic heterocycles. The monoisotopic (exact) mass is 265 g/mol. The Morgan fingerprint density at radius 3 is 2.53 bits per heavy atom. The van der Waals surface area contributed by atoms with E-state index in [0.717, 1.165) is 18.5 Å². The van der Waals surface area contributed by atoms with Crippen LogP contribution < -0.4 is 5.32 Å². The van der Waals surface area contributed by atoms with E-state index in [1.54, 1.807) is 6.07 Å². The quantitative estimate of drug-likeness (QED) is 0.733. The third kappa shape index (κ3) is 6.20. The summed E-state index contributed by atoms with van der Waals surface area (Å²) < 4.78 is 13.3. The van der Waals surface area contributed by atoms with E-state index >= 15 is 0 Å². The number of benzene rings is 1.